The lowest BCUT2D eigenvalue weighted by Crippen LogP contribution is -2.07. The van der Waals surface area contributed by atoms with Crippen molar-refractivity contribution >= 4 is 36.0 Å². The number of hydrogen-bond acceptors (Lipinski definition) is 0. The third-order valence-corrected chi connectivity index (χ3v) is 1.90. The van der Waals surface area contributed by atoms with Gasteiger partial charge in [-0.2, -0.15) is 0 Å². The van der Waals surface area contributed by atoms with Gasteiger partial charge >= 0.3 is 0 Å². The van der Waals surface area contributed by atoms with Gasteiger partial charge in [-0.1, -0.05) is 11.6 Å². The van der Waals surface area contributed by atoms with Gasteiger partial charge in [-0.05, 0) is 30.7 Å². The summed E-state index contributed by atoms with van der Waals surface area (Å²) in [5, 5.41) is 3.95. The van der Waals surface area contributed by atoms with Crippen molar-refractivity contribution in [2.24, 2.45) is 0 Å². The fourth-order valence-electron chi connectivity index (χ4n) is 0.988. The molecule has 0 bridgehead atoms. The molecule has 0 unspecified atom stereocenters. The molecule has 0 amide bonds. The zero-order valence-electron chi connectivity index (χ0n) is 8.54. The molecule has 78 valence electrons. The van der Waals surface area contributed by atoms with Gasteiger partial charge in [0, 0.05) is 5.02 Å². The van der Waals surface area contributed by atoms with Crippen molar-refractivity contribution in [1.29, 1.82) is 0 Å². The predicted molar refractivity (Wildman–Crippen MR) is 65.2 cm³/mol. The van der Waals surface area contributed by atoms with E-state index < -0.39 is 0 Å². The third-order valence-electron chi connectivity index (χ3n) is 1.67. The van der Waals surface area contributed by atoms with Gasteiger partial charge < -0.3 is 0 Å². The van der Waals surface area contributed by atoms with Gasteiger partial charge in [-0.15, -0.1) is 12.4 Å². The van der Waals surface area contributed by atoms with Crippen molar-refractivity contribution < 1.29 is 4.58 Å². The van der Waals surface area contributed by atoms with Gasteiger partial charge in [-0.3, -0.25) is 4.58 Å². The summed E-state index contributed by atoms with van der Waals surface area (Å²) in [7, 11) is 3.94. The topological polar surface area (TPSA) is 15.0 Å². The number of halogens is 2. The van der Waals surface area contributed by atoms with Crippen LogP contribution in [0.1, 0.15) is 5.56 Å². The number of nitrogens with zero attached hydrogens (tertiary/aromatic N) is 1. The van der Waals surface area contributed by atoms with Crippen molar-refractivity contribution in [2.45, 2.75) is 6.92 Å². The minimum absolute atomic E-state index is 0. The van der Waals surface area contributed by atoms with Crippen LogP contribution in [0.5, 0.6) is 0 Å². The smallest absolute Gasteiger partial charge is 0.236 e. The van der Waals surface area contributed by atoms with E-state index in [4.69, 9.17) is 11.6 Å². The maximum atomic E-state index is 5.83. The highest BCUT2D eigenvalue weighted by Crippen LogP contribution is 2.18. The summed E-state index contributed by atoms with van der Waals surface area (Å²) < 4.78 is 1.95. The van der Waals surface area contributed by atoms with Crippen molar-refractivity contribution in [2.75, 3.05) is 19.4 Å². The van der Waals surface area contributed by atoms with Crippen molar-refractivity contribution in [3.8, 4) is 0 Å². The molecule has 0 fully saturated rings. The first-order valence-electron chi connectivity index (χ1n) is 4.12. The summed E-state index contributed by atoms with van der Waals surface area (Å²) in [4.78, 5) is 0. The molecule has 1 aromatic carbocycles. The fourth-order valence-corrected chi connectivity index (χ4v) is 1.21. The third kappa shape index (κ3) is 3.99. The Balaban J connectivity index is 0.00000169. The summed E-state index contributed by atoms with van der Waals surface area (Å²) in [6.45, 7) is 2.03. The summed E-state index contributed by atoms with van der Waals surface area (Å²) in [6, 6.07) is 5.78. The Morgan fingerprint density at radius 1 is 1.36 bits per heavy atom. The van der Waals surface area contributed by atoms with Crippen LogP contribution in [-0.2, 0) is 0 Å². The lowest BCUT2D eigenvalue weighted by Gasteiger charge is -2.00. The molecule has 0 aromatic heterocycles. The van der Waals surface area contributed by atoms with Crippen LogP contribution < -0.4 is 5.32 Å². The van der Waals surface area contributed by atoms with Crippen molar-refractivity contribution in [1.82, 2.24) is 0 Å². The normalized spacial score (nSPS) is 8.86. The van der Waals surface area contributed by atoms with Gasteiger partial charge in [0.2, 0.25) is 6.34 Å². The first kappa shape index (κ1) is 13.3. The number of hydrogen-bond donors (Lipinski definition) is 1. The van der Waals surface area contributed by atoms with E-state index in [1.165, 1.54) is 0 Å². The van der Waals surface area contributed by atoms with Crippen LogP contribution >= 0.6 is 24.0 Å². The maximum absolute atomic E-state index is 5.83. The average Bonchev–Trinajstić information content (AvgIpc) is 2.02. The first-order chi connectivity index (χ1) is 6.09. The molecule has 0 radical (unpaired) electrons. The minimum Gasteiger partial charge on any atom is -0.273 e. The van der Waals surface area contributed by atoms with E-state index in [1.54, 1.807) is 0 Å². The van der Waals surface area contributed by atoms with Gasteiger partial charge in [0.1, 0.15) is 5.69 Å². The van der Waals surface area contributed by atoms with Gasteiger partial charge in [0.25, 0.3) is 0 Å². The van der Waals surface area contributed by atoms with E-state index in [9.17, 15) is 0 Å². The molecule has 0 saturated carbocycles. The molecule has 1 rings (SSSR count). The molecule has 4 heteroatoms. The quantitative estimate of drug-likeness (QED) is 0.472. The van der Waals surface area contributed by atoms with E-state index in [0.29, 0.717) is 0 Å². The Morgan fingerprint density at radius 3 is 2.50 bits per heavy atom. The molecule has 1 aromatic rings. The highest BCUT2D eigenvalue weighted by Gasteiger charge is 2.00. The van der Waals surface area contributed by atoms with Crippen LogP contribution in [0.4, 0.5) is 5.69 Å². The Kier molecular flexibility index (Phi) is 5.58. The van der Waals surface area contributed by atoms with Crippen LogP contribution in [0.2, 0.25) is 5.02 Å². The zero-order chi connectivity index (χ0) is 9.84. The molecular weight excluding hydrogens is 219 g/mol. The van der Waals surface area contributed by atoms with E-state index in [2.05, 4.69) is 5.32 Å². The minimum atomic E-state index is 0. The van der Waals surface area contributed by atoms with Gasteiger partial charge in [-0.25, -0.2) is 5.32 Å². The van der Waals surface area contributed by atoms with Crippen molar-refractivity contribution in [3.05, 3.63) is 28.8 Å². The number of nitrogens with one attached hydrogen (secondary N) is 1. The van der Waals surface area contributed by atoms with Crippen LogP contribution in [0.15, 0.2) is 18.2 Å². The molecule has 0 aliphatic rings. The number of rotatable bonds is 2. The second kappa shape index (κ2) is 5.89. The predicted octanol–water partition coefficient (Wildman–Crippen LogP) is 2.78. The summed E-state index contributed by atoms with van der Waals surface area (Å²) in [6.07, 6.45) is 1.90. The van der Waals surface area contributed by atoms with Gasteiger partial charge in [0.15, 0.2) is 0 Å². The SMILES string of the molecule is Cc1cc(Cl)ccc1NC=[N+](C)C.Cl. The first-order valence-corrected chi connectivity index (χ1v) is 4.50. The Hall–Kier alpha value is -0.730. The standard InChI is InChI=1S/C10H13ClN2.ClH/c1-8-6-9(11)4-5-10(8)12-7-13(2)3;/h4-7H,1-3H3;1H/p+1. The summed E-state index contributed by atoms with van der Waals surface area (Å²) in [5.74, 6) is 0. The highest BCUT2D eigenvalue weighted by atomic mass is 35.5. The second-order valence-electron chi connectivity index (χ2n) is 3.20. The Labute approximate surface area is 96.0 Å². The van der Waals surface area contributed by atoms with Crippen LogP contribution in [0, 0.1) is 6.92 Å². The van der Waals surface area contributed by atoms with E-state index in [1.807, 2.05) is 50.1 Å². The average molecular weight is 234 g/mol. The summed E-state index contributed by atoms with van der Waals surface area (Å²) >= 11 is 5.83. The van der Waals surface area contributed by atoms with E-state index in [-0.39, 0.29) is 12.4 Å². The molecule has 0 saturated heterocycles. The molecule has 0 aliphatic heterocycles. The molecule has 0 aliphatic carbocycles. The molecule has 0 atom stereocenters. The molecule has 0 spiro atoms. The lowest BCUT2D eigenvalue weighted by molar-refractivity contribution is -0.459. The fraction of sp³-hybridized carbons (Fsp3) is 0.300. The Bertz CT molecular complexity index is 331. The molecule has 2 nitrogen and oxygen atoms in total. The van der Waals surface area contributed by atoms with Gasteiger partial charge in [0.05, 0.1) is 14.1 Å². The van der Waals surface area contributed by atoms with Crippen LogP contribution in [-0.4, -0.2) is 25.0 Å². The molecule has 1 N–H and O–H groups in total. The molecular formula is C10H15Cl2N2+. The van der Waals surface area contributed by atoms with Crippen molar-refractivity contribution in [3.63, 3.8) is 0 Å². The molecule has 14 heavy (non-hydrogen) atoms. The van der Waals surface area contributed by atoms with E-state index in [0.717, 1.165) is 16.3 Å². The molecule has 0 heterocycles. The summed E-state index contributed by atoms with van der Waals surface area (Å²) in [5.41, 5.74) is 2.23. The number of aryl methyl sites for hydroxylation is 1. The number of anilines is 1. The second-order valence-corrected chi connectivity index (χ2v) is 3.63. The Morgan fingerprint density at radius 2 is 2.00 bits per heavy atom. The van der Waals surface area contributed by atoms with Crippen LogP contribution in [0.25, 0.3) is 0 Å². The lowest BCUT2D eigenvalue weighted by atomic mass is 10.2. The monoisotopic (exact) mass is 233 g/mol. The maximum Gasteiger partial charge on any atom is 0.236 e. The number of benzene rings is 1. The van der Waals surface area contributed by atoms with Crippen LogP contribution in [0.3, 0.4) is 0 Å². The highest BCUT2D eigenvalue weighted by molar-refractivity contribution is 6.30. The van der Waals surface area contributed by atoms with E-state index >= 15 is 0 Å². The zero-order valence-corrected chi connectivity index (χ0v) is 10.1. The largest absolute Gasteiger partial charge is 0.273 e.